The van der Waals surface area contributed by atoms with Crippen LogP contribution in [-0.2, 0) is 51.7 Å². The van der Waals surface area contributed by atoms with Crippen LogP contribution in [0.15, 0.2) is 0 Å². The van der Waals surface area contributed by atoms with Gasteiger partial charge in [-0.25, -0.2) is 0 Å². The van der Waals surface area contributed by atoms with Crippen LogP contribution in [0.4, 0.5) is 0 Å². The Morgan fingerprint density at radius 1 is 1.60 bits per heavy atom. The number of rotatable bonds is 0. The standard InChI is InChI=1S/C4H6NO3.2W/c5-2-1-3(6)8-4(2)7;;/h2,4-5,7H,1H2;;/q-1;;. The first kappa shape index (κ1) is 13.4. The number of esters is 1. The topological polar surface area (TPSA) is 70.3 Å². The van der Waals surface area contributed by atoms with Crippen LogP contribution in [0.25, 0.3) is 5.73 Å². The minimum Gasteiger partial charge on any atom is -0.669 e. The molecule has 2 N–H and O–H groups in total. The van der Waals surface area contributed by atoms with E-state index in [0.29, 0.717) is 0 Å². The van der Waals surface area contributed by atoms with Gasteiger partial charge >= 0.3 is 5.97 Å². The fourth-order valence-electron chi connectivity index (χ4n) is 0.545. The number of hydrogen-bond donors (Lipinski definition) is 1. The average molecular weight is 484 g/mol. The van der Waals surface area contributed by atoms with Gasteiger partial charge in [-0.3, -0.25) is 4.79 Å². The minimum absolute atomic E-state index is 0. The van der Waals surface area contributed by atoms with E-state index in [1.54, 1.807) is 0 Å². The Balaban J connectivity index is 0. The van der Waals surface area contributed by atoms with Crippen LogP contribution < -0.4 is 0 Å². The van der Waals surface area contributed by atoms with Gasteiger partial charge in [0.05, 0.1) is 0 Å². The summed E-state index contributed by atoms with van der Waals surface area (Å²) in [5, 5.41) is 8.54. The van der Waals surface area contributed by atoms with Crippen molar-refractivity contribution in [3.8, 4) is 0 Å². The Bertz CT molecular complexity index is 109. The van der Waals surface area contributed by atoms with Crippen LogP contribution in [0.2, 0.25) is 0 Å². The van der Waals surface area contributed by atoms with Crippen molar-refractivity contribution >= 4 is 5.97 Å². The molecule has 2 atom stereocenters. The molecule has 0 aromatic rings. The molecule has 0 saturated carbocycles. The van der Waals surface area contributed by atoms with Crippen molar-refractivity contribution in [3.63, 3.8) is 0 Å². The number of aliphatic hydroxyl groups is 1. The summed E-state index contributed by atoms with van der Waals surface area (Å²) in [5.41, 5.74) is 6.87. The van der Waals surface area contributed by atoms with E-state index in [0.717, 1.165) is 0 Å². The van der Waals surface area contributed by atoms with Crippen molar-refractivity contribution in [2.75, 3.05) is 0 Å². The van der Waals surface area contributed by atoms with E-state index in [2.05, 4.69) is 4.74 Å². The van der Waals surface area contributed by atoms with Gasteiger partial charge in [-0.15, -0.1) is 0 Å². The molecule has 1 aliphatic heterocycles. The third-order valence-electron chi connectivity index (χ3n) is 0.983. The zero-order valence-corrected chi connectivity index (χ0v) is 10.8. The van der Waals surface area contributed by atoms with Gasteiger partial charge in [0.15, 0.2) is 6.29 Å². The Labute approximate surface area is 87.0 Å². The molecule has 1 aliphatic rings. The van der Waals surface area contributed by atoms with Crippen LogP contribution in [-0.4, -0.2) is 23.4 Å². The molecule has 1 rings (SSSR count). The summed E-state index contributed by atoms with van der Waals surface area (Å²) >= 11 is 0. The first-order valence-electron chi connectivity index (χ1n) is 2.29. The molecular formula is C4H6NO3W2-. The van der Waals surface area contributed by atoms with E-state index in [4.69, 9.17) is 10.8 Å². The van der Waals surface area contributed by atoms with E-state index in [9.17, 15) is 4.79 Å². The normalized spacial score (nSPS) is 30.0. The van der Waals surface area contributed by atoms with E-state index in [1.807, 2.05) is 0 Å². The van der Waals surface area contributed by atoms with Crippen molar-refractivity contribution < 1.29 is 56.8 Å². The van der Waals surface area contributed by atoms with Crippen molar-refractivity contribution in [1.82, 2.24) is 0 Å². The third kappa shape index (κ3) is 3.24. The largest absolute Gasteiger partial charge is 0.669 e. The van der Waals surface area contributed by atoms with E-state index in [-0.39, 0.29) is 48.6 Å². The molecule has 0 radical (unpaired) electrons. The molecule has 58 valence electrons. The maximum atomic E-state index is 10.2. The third-order valence-corrected chi connectivity index (χ3v) is 0.983. The second-order valence-corrected chi connectivity index (χ2v) is 1.69. The van der Waals surface area contributed by atoms with Gasteiger partial charge in [0.1, 0.15) is 0 Å². The van der Waals surface area contributed by atoms with Crippen LogP contribution in [0.5, 0.6) is 0 Å². The summed E-state index contributed by atoms with van der Waals surface area (Å²) in [6.07, 6.45) is -1.18. The Hall–Kier alpha value is 0.767. The van der Waals surface area contributed by atoms with Crippen molar-refractivity contribution in [2.45, 2.75) is 18.8 Å². The number of hydrogen-bond acceptors (Lipinski definition) is 3. The summed E-state index contributed by atoms with van der Waals surface area (Å²) in [5.74, 6) is -0.488. The first-order chi connectivity index (χ1) is 3.70. The number of carbonyl (C=O) groups is 1. The second kappa shape index (κ2) is 5.42. The SMILES string of the molecule is [NH-]C1CC(=O)OC1O.[W].[W]. The van der Waals surface area contributed by atoms with Crippen LogP contribution in [0.3, 0.4) is 0 Å². The zero-order chi connectivity index (χ0) is 6.15. The maximum absolute atomic E-state index is 10.2. The predicted molar refractivity (Wildman–Crippen MR) is 24.8 cm³/mol. The van der Waals surface area contributed by atoms with Crippen LogP contribution in [0.1, 0.15) is 6.42 Å². The molecule has 0 aliphatic carbocycles. The Morgan fingerprint density at radius 2 is 2.10 bits per heavy atom. The molecule has 1 heterocycles. The number of ether oxygens (including phenoxy) is 1. The van der Waals surface area contributed by atoms with Gasteiger partial charge in [0.2, 0.25) is 0 Å². The molecule has 10 heavy (non-hydrogen) atoms. The maximum Gasteiger partial charge on any atom is 0.306 e. The minimum atomic E-state index is -1.19. The second-order valence-electron chi connectivity index (χ2n) is 1.69. The number of nitrogens with one attached hydrogen (secondary N) is 1. The molecule has 1 fully saturated rings. The molecule has 0 spiro atoms. The summed E-state index contributed by atoms with van der Waals surface area (Å²) in [4.78, 5) is 10.2. The molecule has 0 amide bonds. The molecule has 6 heteroatoms. The summed E-state index contributed by atoms with van der Waals surface area (Å²) < 4.78 is 4.20. The van der Waals surface area contributed by atoms with E-state index >= 15 is 0 Å². The van der Waals surface area contributed by atoms with Gasteiger partial charge in [-0.1, -0.05) is 6.04 Å². The zero-order valence-electron chi connectivity index (χ0n) is 4.94. The number of carbonyl (C=O) groups excluding carboxylic acids is 1. The Morgan fingerprint density at radius 3 is 2.20 bits per heavy atom. The molecule has 0 aromatic carbocycles. The molecule has 2 unspecified atom stereocenters. The number of cyclic esters (lactones) is 1. The average Bonchev–Trinajstić information content (AvgIpc) is 1.85. The van der Waals surface area contributed by atoms with Crippen molar-refractivity contribution in [1.29, 1.82) is 0 Å². The van der Waals surface area contributed by atoms with E-state index < -0.39 is 18.3 Å². The van der Waals surface area contributed by atoms with Gasteiger partial charge in [-0.2, -0.15) is 0 Å². The van der Waals surface area contributed by atoms with Gasteiger partial charge in [0.25, 0.3) is 0 Å². The van der Waals surface area contributed by atoms with E-state index in [1.165, 1.54) is 0 Å². The fraction of sp³-hybridized carbons (Fsp3) is 0.750. The molecule has 0 bridgehead atoms. The Kier molecular flexibility index (Phi) is 7.24. The summed E-state index contributed by atoms with van der Waals surface area (Å²) in [6.45, 7) is 0. The smallest absolute Gasteiger partial charge is 0.306 e. The van der Waals surface area contributed by atoms with Gasteiger partial charge < -0.3 is 15.6 Å². The monoisotopic (exact) mass is 484 g/mol. The fourth-order valence-corrected chi connectivity index (χ4v) is 0.545. The predicted octanol–water partition coefficient (Wildman–Crippen LogP) is -0.332. The van der Waals surface area contributed by atoms with Crippen molar-refractivity contribution in [3.05, 3.63) is 5.73 Å². The molecule has 4 nitrogen and oxygen atoms in total. The van der Waals surface area contributed by atoms with Crippen LogP contribution in [0, 0.1) is 0 Å². The summed E-state index contributed by atoms with van der Waals surface area (Å²) in [7, 11) is 0. The summed E-state index contributed by atoms with van der Waals surface area (Å²) in [6, 6.07) is -0.775. The molecule has 1 saturated heterocycles. The van der Waals surface area contributed by atoms with Crippen LogP contribution >= 0.6 is 0 Å². The first-order valence-corrected chi connectivity index (χ1v) is 2.29. The van der Waals surface area contributed by atoms with Crippen molar-refractivity contribution in [2.24, 2.45) is 0 Å². The quantitative estimate of drug-likeness (QED) is 0.480. The van der Waals surface area contributed by atoms with Gasteiger partial charge in [-0.05, 0) is 0 Å². The molecular weight excluding hydrogens is 478 g/mol. The van der Waals surface area contributed by atoms with Gasteiger partial charge in [0, 0.05) is 48.6 Å². The number of aliphatic hydroxyl groups excluding tert-OH is 1. The molecule has 0 aromatic heterocycles.